The Balaban J connectivity index is 2.56. The Hall–Kier alpha value is -1.69. The molecule has 0 aliphatic carbocycles. The zero-order valence-corrected chi connectivity index (χ0v) is 16.4. The van der Waals surface area contributed by atoms with Crippen LogP contribution >= 0.6 is 23.2 Å². The Kier molecular flexibility index (Phi) is 4.75. The lowest BCUT2D eigenvalue weighted by Crippen LogP contribution is -2.23. The summed E-state index contributed by atoms with van der Waals surface area (Å²) in [5.74, 6) is 0. The second-order valence-corrected chi connectivity index (χ2v) is 9.15. The van der Waals surface area contributed by atoms with Gasteiger partial charge in [-0.3, -0.25) is 0 Å². The number of hydrogen-bond donors (Lipinski definition) is 1. The van der Waals surface area contributed by atoms with E-state index in [0.29, 0.717) is 32.5 Å². The average molecular weight is 397 g/mol. The summed E-state index contributed by atoms with van der Waals surface area (Å²) >= 11 is 12.5. The molecular weight excluding hydrogens is 379 g/mol. The van der Waals surface area contributed by atoms with Crippen molar-refractivity contribution in [3.05, 3.63) is 52.5 Å². The highest BCUT2D eigenvalue weighted by molar-refractivity contribution is 7.90. The van der Waals surface area contributed by atoms with Crippen LogP contribution in [0.5, 0.6) is 0 Å². The molecule has 0 radical (unpaired) electrons. The molecule has 0 unspecified atom stereocenters. The third-order valence-corrected chi connectivity index (χ3v) is 6.76. The van der Waals surface area contributed by atoms with Gasteiger partial charge in [0, 0.05) is 23.0 Å². The summed E-state index contributed by atoms with van der Waals surface area (Å²) in [5.41, 5.74) is 2.36. The van der Waals surface area contributed by atoms with Crippen LogP contribution in [0.25, 0.3) is 22.2 Å². The molecule has 0 aliphatic heterocycles. The topological polar surface area (TPSA) is 51.1 Å². The van der Waals surface area contributed by atoms with E-state index >= 15 is 0 Å². The number of benzene rings is 2. The van der Waals surface area contributed by atoms with Crippen molar-refractivity contribution in [1.29, 1.82) is 0 Å². The zero-order valence-electron chi connectivity index (χ0n) is 14.0. The number of nitrogens with one attached hydrogen (secondary N) is 1. The molecule has 0 saturated carbocycles. The van der Waals surface area contributed by atoms with Gasteiger partial charge in [-0.05, 0) is 38.1 Å². The van der Waals surface area contributed by atoms with Crippen molar-refractivity contribution >= 4 is 49.8 Å². The van der Waals surface area contributed by atoms with E-state index in [1.54, 1.807) is 45.2 Å². The van der Waals surface area contributed by atoms with Crippen LogP contribution in [0.1, 0.15) is 13.8 Å². The standard InChI is InChI=1S/C18H18Cl2N2O2S/c1-11(2)25(23,24)22-16-7-5-4-6-13(16)17(21-3)18(22)14-10-12(19)8-9-15(14)20/h4-11,21H,1-3H3. The first kappa shape index (κ1) is 18.1. The number of para-hydroxylation sites is 1. The van der Waals surface area contributed by atoms with Crippen LogP contribution in [0.4, 0.5) is 5.69 Å². The summed E-state index contributed by atoms with van der Waals surface area (Å²) in [6.07, 6.45) is 0. The fourth-order valence-corrected chi connectivity index (χ4v) is 4.54. The minimum Gasteiger partial charge on any atom is -0.386 e. The third-order valence-electron chi connectivity index (χ3n) is 4.12. The molecule has 3 aromatic rings. The van der Waals surface area contributed by atoms with E-state index < -0.39 is 15.3 Å². The molecule has 0 fully saturated rings. The zero-order chi connectivity index (χ0) is 18.4. The van der Waals surface area contributed by atoms with Crippen molar-refractivity contribution in [2.24, 2.45) is 0 Å². The second-order valence-electron chi connectivity index (χ2n) is 5.97. The molecule has 1 aromatic heterocycles. The van der Waals surface area contributed by atoms with Gasteiger partial charge in [-0.1, -0.05) is 41.4 Å². The van der Waals surface area contributed by atoms with Gasteiger partial charge in [-0.2, -0.15) is 0 Å². The van der Waals surface area contributed by atoms with Crippen LogP contribution in [0.15, 0.2) is 42.5 Å². The van der Waals surface area contributed by atoms with E-state index in [2.05, 4.69) is 5.32 Å². The molecule has 2 aromatic carbocycles. The van der Waals surface area contributed by atoms with Gasteiger partial charge >= 0.3 is 0 Å². The molecule has 1 heterocycles. The number of rotatable bonds is 4. The Labute approximate surface area is 157 Å². The van der Waals surface area contributed by atoms with E-state index in [1.807, 2.05) is 18.2 Å². The summed E-state index contributed by atoms with van der Waals surface area (Å²) in [4.78, 5) is 0. The average Bonchev–Trinajstić information content (AvgIpc) is 2.91. The van der Waals surface area contributed by atoms with Gasteiger partial charge in [0.1, 0.15) is 0 Å². The fourth-order valence-electron chi connectivity index (χ4n) is 2.86. The predicted octanol–water partition coefficient (Wildman–Crippen LogP) is 5.24. The summed E-state index contributed by atoms with van der Waals surface area (Å²) < 4.78 is 27.6. The molecular formula is C18H18Cl2N2O2S. The highest BCUT2D eigenvalue weighted by Crippen LogP contribution is 2.42. The first-order chi connectivity index (χ1) is 11.8. The number of hydrogen-bond acceptors (Lipinski definition) is 3. The lowest BCUT2D eigenvalue weighted by molar-refractivity contribution is 0.580. The van der Waals surface area contributed by atoms with Crippen LogP contribution < -0.4 is 5.32 Å². The summed E-state index contributed by atoms with van der Waals surface area (Å²) in [6.45, 7) is 3.32. The first-order valence-corrected chi connectivity index (χ1v) is 10.1. The van der Waals surface area contributed by atoms with E-state index in [1.165, 1.54) is 3.97 Å². The Bertz CT molecular complexity index is 1060. The largest absolute Gasteiger partial charge is 0.386 e. The Morgan fingerprint density at radius 1 is 1.08 bits per heavy atom. The molecule has 0 bridgehead atoms. The van der Waals surface area contributed by atoms with Crippen LogP contribution in [-0.2, 0) is 10.0 Å². The normalized spacial score (nSPS) is 12.1. The maximum Gasteiger partial charge on any atom is 0.241 e. The Morgan fingerprint density at radius 2 is 1.76 bits per heavy atom. The van der Waals surface area contributed by atoms with E-state index in [4.69, 9.17) is 23.2 Å². The minimum absolute atomic E-state index is 0.434. The number of halogens is 2. The molecule has 0 aliphatic rings. The quantitative estimate of drug-likeness (QED) is 0.655. The van der Waals surface area contributed by atoms with Gasteiger partial charge in [-0.25, -0.2) is 12.4 Å². The third kappa shape index (κ3) is 2.90. The molecule has 25 heavy (non-hydrogen) atoms. The van der Waals surface area contributed by atoms with Crippen LogP contribution in [-0.4, -0.2) is 24.7 Å². The first-order valence-electron chi connectivity index (χ1n) is 7.80. The molecule has 0 atom stereocenters. The maximum atomic E-state index is 13.1. The molecule has 132 valence electrons. The molecule has 3 rings (SSSR count). The number of fused-ring (bicyclic) bond motifs is 1. The number of anilines is 1. The van der Waals surface area contributed by atoms with Crippen LogP contribution in [0, 0.1) is 0 Å². The van der Waals surface area contributed by atoms with Gasteiger partial charge in [0.25, 0.3) is 0 Å². The van der Waals surface area contributed by atoms with Crippen molar-refractivity contribution < 1.29 is 8.42 Å². The lowest BCUT2D eigenvalue weighted by atomic mass is 10.1. The maximum absolute atomic E-state index is 13.1. The van der Waals surface area contributed by atoms with E-state index in [9.17, 15) is 8.42 Å². The van der Waals surface area contributed by atoms with Crippen molar-refractivity contribution in [2.75, 3.05) is 12.4 Å². The SMILES string of the molecule is CNc1c(-c2cc(Cl)ccc2Cl)n(S(=O)(=O)C(C)C)c2ccccc12. The van der Waals surface area contributed by atoms with Gasteiger partial charge in [0.2, 0.25) is 10.0 Å². The van der Waals surface area contributed by atoms with Crippen molar-refractivity contribution in [2.45, 2.75) is 19.1 Å². The second kappa shape index (κ2) is 6.56. The lowest BCUT2D eigenvalue weighted by Gasteiger charge is -2.16. The van der Waals surface area contributed by atoms with Crippen molar-refractivity contribution in [3.63, 3.8) is 0 Å². The molecule has 4 nitrogen and oxygen atoms in total. The van der Waals surface area contributed by atoms with Gasteiger partial charge in [0.15, 0.2) is 0 Å². The van der Waals surface area contributed by atoms with E-state index in [0.717, 1.165) is 5.39 Å². The van der Waals surface area contributed by atoms with Crippen LogP contribution in [0.3, 0.4) is 0 Å². The molecule has 7 heteroatoms. The highest BCUT2D eigenvalue weighted by Gasteiger charge is 2.29. The number of nitrogens with zero attached hydrogens (tertiary/aromatic N) is 1. The summed E-state index contributed by atoms with van der Waals surface area (Å²) in [6, 6.07) is 12.4. The summed E-state index contributed by atoms with van der Waals surface area (Å²) in [5, 5.41) is 4.26. The molecule has 0 spiro atoms. The van der Waals surface area contributed by atoms with E-state index in [-0.39, 0.29) is 0 Å². The minimum atomic E-state index is -3.63. The molecule has 0 saturated heterocycles. The monoisotopic (exact) mass is 396 g/mol. The fraction of sp³-hybridized carbons (Fsp3) is 0.222. The van der Waals surface area contributed by atoms with Crippen molar-refractivity contribution in [3.8, 4) is 11.3 Å². The predicted molar refractivity (Wildman–Crippen MR) is 106 cm³/mol. The highest BCUT2D eigenvalue weighted by atomic mass is 35.5. The molecule has 0 amide bonds. The molecule has 1 N–H and O–H groups in total. The van der Waals surface area contributed by atoms with Gasteiger partial charge in [-0.15, -0.1) is 0 Å². The summed E-state index contributed by atoms with van der Waals surface area (Å²) in [7, 11) is -1.87. The van der Waals surface area contributed by atoms with Crippen molar-refractivity contribution in [1.82, 2.24) is 3.97 Å². The van der Waals surface area contributed by atoms with Crippen LogP contribution in [0.2, 0.25) is 10.0 Å². The smallest absolute Gasteiger partial charge is 0.241 e. The number of aromatic nitrogens is 1. The van der Waals surface area contributed by atoms with Gasteiger partial charge < -0.3 is 5.32 Å². The van der Waals surface area contributed by atoms with Gasteiger partial charge in [0.05, 0.1) is 27.2 Å². The Morgan fingerprint density at radius 3 is 2.40 bits per heavy atom.